The summed E-state index contributed by atoms with van der Waals surface area (Å²) in [7, 11) is 1.60. The largest absolute Gasteiger partial charge is 0.496 e. The van der Waals surface area contributed by atoms with Crippen molar-refractivity contribution < 1.29 is 9.53 Å². The van der Waals surface area contributed by atoms with E-state index >= 15 is 0 Å². The Labute approximate surface area is 121 Å². The van der Waals surface area contributed by atoms with Crippen LogP contribution in [0.5, 0.6) is 5.75 Å². The van der Waals surface area contributed by atoms with Gasteiger partial charge in [-0.1, -0.05) is 26.8 Å². The summed E-state index contributed by atoms with van der Waals surface area (Å²) >= 11 is 0. The lowest BCUT2D eigenvalue weighted by molar-refractivity contribution is 0.0948. The van der Waals surface area contributed by atoms with E-state index in [4.69, 9.17) is 10.5 Å². The Morgan fingerprint density at radius 1 is 1.40 bits per heavy atom. The molecule has 0 saturated carbocycles. The molecular weight excluding hydrogens is 252 g/mol. The Morgan fingerprint density at radius 3 is 2.45 bits per heavy atom. The van der Waals surface area contributed by atoms with Crippen molar-refractivity contribution in [3.63, 3.8) is 0 Å². The fraction of sp³-hybridized carbons (Fsp3) is 0.562. The highest BCUT2D eigenvalue weighted by atomic mass is 16.5. The van der Waals surface area contributed by atoms with Crippen LogP contribution in [-0.4, -0.2) is 25.6 Å². The molecule has 0 aliphatic carbocycles. The van der Waals surface area contributed by atoms with Crippen molar-refractivity contribution in [2.45, 2.75) is 46.1 Å². The standard InChI is InChI=1S/C16H26N2O2/c1-10-7-12(15(19)18-9-11(2)17)14(20-6)13(8-10)16(3,4)5/h7-8,11H,9,17H2,1-6H3,(H,18,19). The maximum absolute atomic E-state index is 12.3. The molecule has 0 radical (unpaired) electrons. The predicted octanol–water partition coefficient (Wildman–Crippen LogP) is 2.38. The van der Waals surface area contributed by atoms with Crippen molar-refractivity contribution in [1.29, 1.82) is 0 Å². The minimum absolute atomic E-state index is 0.0724. The first-order valence-corrected chi connectivity index (χ1v) is 6.89. The van der Waals surface area contributed by atoms with E-state index in [-0.39, 0.29) is 17.4 Å². The third-order valence-corrected chi connectivity index (χ3v) is 3.07. The lowest BCUT2D eigenvalue weighted by Crippen LogP contribution is -2.35. The molecule has 1 rings (SSSR count). The average molecular weight is 278 g/mol. The summed E-state index contributed by atoms with van der Waals surface area (Å²) in [6, 6.07) is 3.85. The van der Waals surface area contributed by atoms with Crippen LogP contribution in [0.4, 0.5) is 0 Å². The molecule has 1 unspecified atom stereocenters. The topological polar surface area (TPSA) is 64.3 Å². The first-order chi connectivity index (χ1) is 9.16. The van der Waals surface area contributed by atoms with E-state index in [0.717, 1.165) is 11.1 Å². The summed E-state index contributed by atoms with van der Waals surface area (Å²) in [5.74, 6) is 0.499. The molecule has 0 aromatic heterocycles. The van der Waals surface area contributed by atoms with Crippen molar-refractivity contribution >= 4 is 5.91 Å². The highest BCUT2D eigenvalue weighted by molar-refractivity contribution is 5.97. The van der Waals surface area contributed by atoms with E-state index in [1.54, 1.807) is 7.11 Å². The SMILES string of the molecule is COc1c(C(=O)NCC(C)N)cc(C)cc1C(C)(C)C. The van der Waals surface area contributed by atoms with E-state index in [9.17, 15) is 4.79 Å². The van der Waals surface area contributed by atoms with E-state index in [0.29, 0.717) is 17.9 Å². The molecule has 0 aliphatic heterocycles. The number of aryl methyl sites for hydroxylation is 1. The maximum atomic E-state index is 12.3. The molecule has 0 heterocycles. The summed E-state index contributed by atoms with van der Waals surface area (Å²) in [6.45, 7) is 10.6. The average Bonchev–Trinajstić information content (AvgIpc) is 2.33. The van der Waals surface area contributed by atoms with Gasteiger partial charge in [-0.05, 0) is 30.9 Å². The van der Waals surface area contributed by atoms with Crippen LogP contribution >= 0.6 is 0 Å². The molecule has 1 aromatic rings. The van der Waals surface area contributed by atoms with Crippen molar-refractivity contribution in [2.24, 2.45) is 5.73 Å². The third-order valence-electron chi connectivity index (χ3n) is 3.07. The molecule has 4 nitrogen and oxygen atoms in total. The fourth-order valence-electron chi connectivity index (χ4n) is 2.07. The smallest absolute Gasteiger partial charge is 0.255 e. The van der Waals surface area contributed by atoms with Crippen LogP contribution < -0.4 is 15.8 Å². The quantitative estimate of drug-likeness (QED) is 0.888. The molecule has 0 spiro atoms. The van der Waals surface area contributed by atoms with E-state index in [2.05, 4.69) is 32.2 Å². The van der Waals surface area contributed by atoms with Gasteiger partial charge in [0.25, 0.3) is 5.91 Å². The number of hydrogen-bond donors (Lipinski definition) is 2. The van der Waals surface area contributed by atoms with Gasteiger partial charge in [-0.15, -0.1) is 0 Å². The number of carbonyl (C=O) groups excluding carboxylic acids is 1. The first-order valence-electron chi connectivity index (χ1n) is 6.89. The lowest BCUT2D eigenvalue weighted by Gasteiger charge is -2.24. The molecule has 1 aromatic carbocycles. The van der Waals surface area contributed by atoms with Crippen molar-refractivity contribution in [1.82, 2.24) is 5.32 Å². The molecular formula is C16H26N2O2. The van der Waals surface area contributed by atoms with Gasteiger partial charge in [0.2, 0.25) is 0 Å². The molecule has 20 heavy (non-hydrogen) atoms. The Kier molecular flexibility index (Phi) is 5.17. The summed E-state index contributed by atoms with van der Waals surface area (Å²) < 4.78 is 5.49. The van der Waals surface area contributed by atoms with Crippen LogP contribution in [0.2, 0.25) is 0 Å². The molecule has 4 heteroatoms. The summed E-state index contributed by atoms with van der Waals surface area (Å²) in [5, 5.41) is 2.84. The number of ether oxygens (including phenoxy) is 1. The molecule has 1 atom stereocenters. The molecule has 0 saturated heterocycles. The molecule has 1 amide bonds. The normalized spacial score (nSPS) is 12.9. The lowest BCUT2D eigenvalue weighted by atomic mass is 9.84. The minimum atomic E-state index is -0.145. The van der Waals surface area contributed by atoms with Crippen molar-refractivity contribution in [2.75, 3.05) is 13.7 Å². The van der Waals surface area contributed by atoms with Gasteiger partial charge in [0, 0.05) is 18.2 Å². The number of amides is 1. The van der Waals surface area contributed by atoms with Gasteiger partial charge in [-0.25, -0.2) is 0 Å². The Morgan fingerprint density at radius 2 is 2.00 bits per heavy atom. The number of carbonyl (C=O) groups is 1. The van der Waals surface area contributed by atoms with Gasteiger partial charge in [-0.3, -0.25) is 4.79 Å². The van der Waals surface area contributed by atoms with Crippen LogP contribution in [0.15, 0.2) is 12.1 Å². The Hall–Kier alpha value is -1.55. The van der Waals surface area contributed by atoms with Gasteiger partial charge in [0.15, 0.2) is 0 Å². The van der Waals surface area contributed by atoms with Crippen LogP contribution in [0.3, 0.4) is 0 Å². The highest BCUT2D eigenvalue weighted by Crippen LogP contribution is 2.35. The van der Waals surface area contributed by atoms with Crippen LogP contribution in [0.25, 0.3) is 0 Å². The van der Waals surface area contributed by atoms with Gasteiger partial charge in [0.1, 0.15) is 5.75 Å². The zero-order valence-electron chi connectivity index (χ0n) is 13.3. The van der Waals surface area contributed by atoms with E-state index < -0.39 is 0 Å². The number of hydrogen-bond acceptors (Lipinski definition) is 3. The third kappa shape index (κ3) is 3.97. The van der Waals surface area contributed by atoms with Crippen molar-refractivity contribution in [3.8, 4) is 5.75 Å². The zero-order valence-corrected chi connectivity index (χ0v) is 13.3. The number of nitrogens with one attached hydrogen (secondary N) is 1. The summed E-state index contributed by atoms with van der Waals surface area (Å²) in [5.41, 5.74) is 8.23. The second-order valence-corrected chi connectivity index (χ2v) is 6.33. The minimum Gasteiger partial charge on any atom is -0.496 e. The van der Waals surface area contributed by atoms with Gasteiger partial charge >= 0.3 is 0 Å². The van der Waals surface area contributed by atoms with E-state index in [1.165, 1.54) is 0 Å². The second-order valence-electron chi connectivity index (χ2n) is 6.33. The number of methoxy groups -OCH3 is 1. The Bertz CT molecular complexity index is 488. The Balaban J connectivity index is 3.25. The van der Waals surface area contributed by atoms with Crippen LogP contribution in [0, 0.1) is 6.92 Å². The van der Waals surface area contributed by atoms with Gasteiger partial charge in [-0.2, -0.15) is 0 Å². The summed E-state index contributed by atoms with van der Waals surface area (Å²) in [6.07, 6.45) is 0. The summed E-state index contributed by atoms with van der Waals surface area (Å²) in [4.78, 5) is 12.3. The molecule has 112 valence electrons. The number of nitrogens with two attached hydrogens (primary N) is 1. The predicted molar refractivity (Wildman–Crippen MR) is 82.4 cm³/mol. The molecule has 0 aliphatic rings. The molecule has 0 fully saturated rings. The first kappa shape index (κ1) is 16.5. The zero-order chi connectivity index (χ0) is 15.5. The van der Waals surface area contributed by atoms with Gasteiger partial charge in [0.05, 0.1) is 12.7 Å². The van der Waals surface area contributed by atoms with Crippen LogP contribution in [0.1, 0.15) is 49.2 Å². The number of benzene rings is 1. The fourth-order valence-corrected chi connectivity index (χ4v) is 2.07. The van der Waals surface area contributed by atoms with Crippen molar-refractivity contribution in [3.05, 3.63) is 28.8 Å². The maximum Gasteiger partial charge on any atom is 0.255 e. The highest BCUT2D eigenvalue weighted by Gasteiger charge is 2.24. The van der Waals surface area contributed by atoms with Crippen LogP contribution in [-0.2, 0) is 5.41 Å². The monoisotopic (exact) mass is 278 g/mol. The number of rotatable bonds is 4. The second kappa shape index (κ2) is 6.27. The van der Waals surface area contributed by atoms with E-state index in [1.807, 2.05) is 19.9 Å². The molecule has 0 bridgehead atoms. The van der Waals surface area contributed by atoms with Gasteiger partial charge < -0.3 is 15.8 Å². The molecule has 3 N–H and O–H groups in total.